The standard InChI is InChI=1S/C26H33N3O4S/c1-2-4-25(30)28-23-10-7-19(8-11-23)18-27-26(31)21-13-15-29(16-14-21)34(32,33)24-12-9-20-5-3-6-22(20)17-24/h7-12,17,21H,2-6,13-16,18H2,1H3,(H,27,31)(H,28,30). The highest BCUT2D eigenvalue weighted by atomic mass is 32.2. The topological polar surface area (TPSA) is 95.6 Å². The van der Waals surface area contributed by atoms with Crippen LogP contribution < -0.4 is 10.6 Å². The van der Waals surface area contributed by atoms with Crippen molar-refractivity contribution in [3.8, 4) is 0 Å². The predicted octanol–water partition coefficient (Wildman–Crippen LogP) is 3.63. The Bertz CT molecular complexity index is 1140. The Morgan fingerprint density at radius 2 is 1.71 bits per heavy atom. The molecule has 0 bridgehead atoms. The Balaban J connectivity index is 1.26. The van der Waals surface area contributed by atoms with Crippen molar-refractivity contribution in [3.63, 3.8) is 0 Å². The average Bonchev–Trinajstić information content (AvgIpc) is 3.32. The van der Waals surface area contributed by atoms with E-state index in [2.05, 4.69) is 10.6 Å². The van der Waals surface area contributed by atoms with Crippen molar-refractivity contribution >= 4 is 27.5 Å². The number of carbonyl (C=O) groups excluding carboxylic acids is 2. The van der Waals surface area contributed by atoms with Gasteiger partial charge in [0.2, 0.25) is 21.8 Å². The minimum atomic E-state index is -3.53. The highest BCUT2D eigenvalue weighted by Crippen LogP contribution is 2.28. The molecule has 0 radical (unpaired) electrons. The van der Waals surface area contributed by atoms with E-state index in [4.69, 9.17) is 0 Å². The number of anilines is 1. The summed E-state index contributed by atoms with van der Waals surface area (Å²) in [5, 5.41) is 5.82. The van der Waals surface area contributed by atoms with Gasteiger partial charge >= 0.3 is 0 Å². The molecule has 0 atom stereocenters. The first kappa shape index (κ1) is 24.4. The maximum absolute atomic E-state index is 13.1. The van der Waals surface area contributed by atoms with Gasteiger partial charge in [-0.3, -0.25) is 9.59 Å². The molecule has 34 heavy (non-hydrogen) atoms. The Hall–Kier alpha value is -2.71. The first-order valence-corrected chi connectivity index (χ1v) is 13.6. The molecular formula is C26H33N3O4S. The lowest BCUT2D eigenvalue weighted by Crippen LogP contribution is -2.42. The second-order valence-electron chi connectivity index (χ2n) is 9.18. The lowest BCUT2D eigenvalue weighted by atomic mass is 9.97. The third kappa shape index (κ3) is 5.67. The molecule has 2 aliphatic rings. The third-order valence-electron chi connectivity index (χ3n) is 6.71. The van der Waals surface area contributed by atoms with Crippen molar-refractivity contribution in [2.45, 2.75) is 63.3 Å². The molecule has 1 aliphatic heterocycles. The molecule has 2 aromatic rings. The van der Waals surface area contributed by atoms with Gasteiger partial charge in [0, 0.05) is 37.7 Å². The number of nitrogens with one attached hydrogen (secondary N) is 2. The number of piperidine rings is 1. The van der Waals surface area contributed by atoms with Crippen molar-refractivity contribution in [1.29, 1.82) is 0 Å². The van der Waals surface area contributed by atoms with Crippen LogP contribution in [0.1, 0.15) is 55.7 Å². The van der Waals surface area contributed by atoms with Crippen LogP contribution in [0.15, 0.2) is 47.4 Å². The zero-order valence-electron chi connectivity index (χ0n) is 19.7. The van der Waals surface area contributed by atoms with Gasteiger partial charge in [0.25, 0.3) is 0 Å². The molecule has 0 aromatic heterocycles. The molecule has 1 heterocycles. The molecule has 0 spiro atoms. The first-order valence-electron chi connectivity index (χ1n) is 12.2. The Morgan fingerprint density at radius 3 is 2.41 bits per heavy atom. The second-order valence-corrected chi connectivity index (χ2v) is 11.1. The second kappa shape index (κ2) is 10.7. The van der Waals surface area contributed by atoms with Gasteiger partial charge in [0.15, 0.2) is 0 Å². The van der Waals surface area contributed by atoms with E-state index in [9.17, 15) is 18.0 Å². The minimum Gasteiger partial charge on any atom is -0.352 e. The highest BCUT2D eigenvalue weighted by molar-refractivity contribution is 7.89. The van der Waals surface area contributed by atoms with E-state index in [0.29, 0.717) is 43.8 Å². The van der Waals surface area contributed by atoms with E-state index < -0.39 is 10.0 Å². The van der Waals surface area contributed by atoms with Crippen LogP contribution in [-0.2, 0) is 39.0 Å². The first-order chi connectivity index (χ1) is 16.4. The quantitative estimate of drug-likeness (QED) is 0.599. The number of nitrogens with zero attached hydrogens (tertiary/aromatic N) is 1. The SMILES string of the molecule is CCCC(=O)Nc1ccc(CNC(=O)C2CCN(S(=O)(=O)c3ccc4c(c3)CCC4)CC2)cc1. The normalized spacial score (nSPS) is 16.7. The molecule has 2 amide bonds. The van der Waals surface area contributed by atoms with Gasteiger partial charge < -0.3 is 10.6 Å². The number of sulfonamides is 1. The molecule has 7 nitrogen and oxygen atoms in total. The molecule has 0 saturated carbocycles. The molecule has 2 aromatic carbocycles. The molecule has 1 fully saturated rings. The summed E-state index contributed by atoms with van der Waals surface area (Å²) >= 11 is 0. The molecule has 4 rings (SSSR count). The number of hydrogen-bond acceptors (Lipinski definition) is 4. The van der Waals surface area contributed by atoms with Crippen molar-refractivity contribution in [1.82, 2.24) is 9.62 Å². The van der Waals surface area contributed by atoms with Gasteiger partial charge in [-0.2, -0.15) is 4.31 Å². The number of hydrogen-bond donors (Lipinski definition) is 2. The van der Waals surface area contributed by atoms with Crippen molar-refractivity contribution in [3.05, 3.63) is 59.2 Å². The molecular weight excluding hydrogens is 450 g/mol. The van der Waals surface area contributed by atoms with Gasteiger partial charge in [-0.25, -0.2) is 8.42 Å². The maximum Gasteiger partial charge on any atom is 0.243 e. The van der Waals surface area contributed by atoms with Crippen LogP contribution in [0.25, 0.3) is 0 Å². The molecule has 1 aliphatic carbocycles. The van der Waals surface area contributed by atoms with Gasteiger partial charge in [-0.05, 0) is 79.5 Å². The summed E-state index contributed by atoms with van der Waals surface area (Å²) < 4.78 is 27.7. The lowest BCUT2D eigenvalue weighted by Gasteiger charge is -2.30. The molecule has 182 valence electrons. The van der Waals surface area contributed by atoms with Crippen LogP contribution in [0.4, 0.5) is 5.69 Å². The van der Waals surface area contributed by atoms with Gasteiger partial charge in [-0.1, -0.05) is 25.1 Å². The van der Waals surface area contributed by atoms with Crippen molar-refractivity contribution in [2.75, 3.05) is 18.4 Å². The van der Waals surface area contributed by atoms with Crippen LogP contribution in [-0.4, -0.2) is 37.6 Å². The predicted molar refractivity (Wildman–Crippen MR) is 132 cm³/mol. The summed E-state index contributed by atoms with van der Waals surface area (Å²) in [6.07, 6.45) is 5.36. The Morgan fingerprint density at radius 1 is 1.00 bits per heavy atom. The third-order valence-corrected chi connectivity index (χ3v) is 8.61. The number of carbonyl (C=O) groups is 2. The fourth-order valence-electron chi connectivity index (χ4n) is 4.71. The largest absolute Gasteiger partial charge is 0.352 e. The zero-order chi connectivity index (χ0) is 24.1. The van der Waals surface area contributed by atoms with Crippen LogP contribution in [0.2, 0.25) is 0 Å². The Labute approximate surface area is 202 Å². The maximum atomic E-state index is 13.1. The van der Waals surface area contributed by atoms with Gasteiger partial charge in [0.05, 0.1) is 4.90 Å². The molecule has 8 heteroatoms. The van der Waals surface area contributed by atoms with Crippen LogP contribution >= 0.6 is 0 Å². The van der Waals surface area contributed by atoms with E-state index in [1.54, 1.807) is 6.07 Å². The van der Waals surface area contributed by atoms with E-state index in [1.807, 2.05) is 43.3 Å². The fraction of sp³-hybridized carbons (Fsp3) is 0.462. The van der Waals surface area contributed by atoms with Crippen LogP contribution in [0, 0.1) is 5.92 Å². The van der Waals surface area contributed by atoms with E-state index >= 15 is 0 Å². The fourth-order valence-corrected chi connectivity index (χ4v) is 6.23. The van der Waals surface area contributed by atoms with E-state index in [-0.39, 0.29) is 17.7 Å². The lowest BCUT2D eigenvalue weighted by molar-refractivity contribution is -0.126. The molecule has 2 N–H and O–H groups in total. The number of rotatable bonds is 8. The smallest absolute Gasteiger partial charge is 0.243 e. The highest BCUT2D eigenvalue weighted by Gasteiger charge is 2.32. The van der Waals surface area contributed by atoms with Gasteiger partial charge in [-0.15, -0.1) is 0 Å². The summed E-state index contributed by atoms with van der Waals surface area (Å²) in [6.45, 7) is 3.06. The summed E-state index contributed by atoms with van der Waals surface area (Å²) in [6, 6.07) is 12.9. The van der Waals surface area contributed by atoms with E-state index in [0.717, 1.165) is 42.5 Å². The average molecular weight is 484 g/mol. The van der Waals surface area contributed by atoms with E-state index in [1.165, 1.54) is 9.87 Å². The number of benzene rings is 2. The summed E-state index contributed by atoms with van der Waals surface area (Å²) in [7, 11) is -3.53. The number of amides is 2. The zero-order valence-corrected chi connectivity index (χ0v) is 20.5. The summed E-state index contributed by atoms with van der Waals surface area (Å²) in [5.74, 6) is -0.248. The van der Waals surface area contributed by atoms with Crippen LogP contribution in [0.5, 0.6) is 0 Å². The number of fused-ring (bicyclic) bond motifs is 1. The Kier molecular flexibility index (Phi) is 7.68. The summed E-state index contributed by atoms with van der Waals surface area (Å²) in [5.41, 5.74) is 4.08. The van der Waals surface area contributed by atoms with Gasteiger partial charge in [0.1, 0.15) is 0 Å². The molecule has 0 unspecified atom stereocenters. The summed E-state index contributed by atoms with van der Waals surface area (Å²) in [4.78, 5) is 24.7. The van der Waals surface area contributed by atoms with Crippen molar-refractivity contribution < 1.29 is 18.0 Å². The van der Waals surface area contributed by atoms with Crippen molar-refractivity contribution in [2.24, 2.45) is 5.92 Å². The number of aryl methyl sites for hydroxylation is 2. The minimum absolute atomic E-state index is 0.00640. The monoisotopic (exact) mass is 483 g/mol. The van der Waals surface area contributed by atoms with Crippen LogP contribution in [0.3, 0.4) is 0 Å². The molecule has 1 saturated heterocycles.